The summed E-state index contributed by atoms with van der Waals surface area (Å²) in [5.74, 6) is 0.158. The molecule has 6 rings (SSSR count). The lowest BCUT2D eigenvalue weighted by atomic mass is 9.98. The molecule has 3 heterocycles. The number of hydrogen-bond donors (Lipinski definition) is 4. The standard InChI is InChI=1S/C28H22N8O3/c29-25(22-14-24(37)31-28(39)30-22)26(38)19-7-5-18(6-8-19)17-3-1-16(2-4-17)15-36-12-11-20-13-21(9-10-23(20)36)27-32-34-35-33-27/h1-14,25H,15,29H2,(H2,30,31,37,39)(H,32,33,34,35). The van der Waals surface area contributed by atoms with Crippen LogP contribution in [0.2, 0.25) is 0 Å². The fourth-order valence-corrected chi connectivity index (χ4v) is 4.56. The summed E-state index contributed by atoms with van der Waals surface area (Å²) in [6.45, 7) is 0.709. The third-order valence-electron chi connectivity index (χ3n) is 6.58. The topological polar surface area (TPSA) is 168 Å². The predicted octanol–water partition coefficient (Wildman–Crippen LogP) is 2.80. The number of nitrogens with one attached hydrogen (secondary N) is 3. The van der Waals surface area contributed by atoms with Crippen LogP contribution in [0.1, 0.15) is 27.7 Å². The van der Waals surface area contributed by atoms with E-state index in [0.717, 1.165) is 39.2 Å². The van der Waals surface area contributed by atoms with E-state index in [1.807, 2.05) is 36.4 Å². The molecule has 0 amide bonds. The van der Waals surface area contributed by atoms with Gasteiger partial charge in [-0.3, -0.25) is 14.6 Å². The maximum atomic E-state index is 12.8. The van der Waals surface area contributed by atoms with Gasteiger partial charge in [0.05, 0.1) is 0 Å². The lowest BCUT2D eigenvalue weighted by Crippen LogP contribution is -2.30. The Bertz CT molecular complexity index is 1870. The van der Waals surface area contributed by atoms with E-state index in [-0.39, 0.29) is 5.69 Å². The molecule has 3 aromatic carbocycles. The first-order valence-electron chi connectivity index (χ1n) is 12.1. The number of ketones is 1. The van der Waals surface area contributed by atoms with Crippen LogP contribution in [-0.4, -0.2) is 40.9 Å². The Hall–Kier alpha value is -5.42. The molecule has 6 aromatic rings. The first kappa shape index (κ1) is 23.9. The van der Waals surface area contributed by atoms with E-state index in [0.29, 0.717) is 17.9 Å². The van der Waals surface area contributed by atoms with Crippen molar-refractivity contribution in [3.8, 4) is 22.5 Å². The van der Waals surface area contributed by atoms with Crippen molar-refractivity contribution >= 4 is 16.7 Å². The monoisotopic (exact) mass is 518 g/mol. The van der Waals surface area contributed by atoms with E-state index >= 15 is 0 Å². The molecular weight excluding hydrogens is 496 g/mol. The molecule has 11 heteroatoms. The first-order chi connectivity index (χ1) is 18.9. The molecule has 0 aliphatic rings. The Kier molecular flexibility index (Phi) is 6.02. The first-order valence-corrected chi connectivity index (χ1v) is 12.1. The van der Waals surface area contributed by atoms with Crippen molar-refractivity contribution in [3.63, 3.8) is 0 Å². The van der Waals surface area contributed by atoms with E-state index in [1.54, 1.807) is 12.1 Å². The van der Waals surface area contributed by atoms with E-state index in [9.17, 15) is 14.4 Å². The Morgan fingerprint density at radius 2 is 1.59 bits per heavy atom. The fourth-order valence-electron chi connectivity index (χ4n) is 4.56. The molecule has 0 bridgehead atoms. The molecular formula is C28H22N8O3. The van der Waals surface area contributed by atoms with Crippen molar-refractivity contribution in [2.75, 3.05) is 0 Å². The maximum absolute atomic E-state index is 12.8. The molecule has 0 aliphatic carbocycles. The van der Waals surface area contributed by atoms with Crippen molar-refractivity contribution in [1.29, 1.82) is 0 Å². The molecule has 0 spiro atoms. The van der Waals surface area contributed by atoms with Gasteiger partial charge >= 0.3 is 5.69 Å². The van der Waals surface area contributed by atoms with Gasteiger partial charge in [0, 0.05) is 46.5 Å². The summed E-state index contributed by atoms with van der Waals surface area (Å²) in [5.41, 5.74) is 10.2. The van der Waals surface area contributed by atoms with Gasteiger partial charge in [0.25, 0.3) is 5.56 Å². The predicted molar refractivity (Wildman–Crippen MR) is 145 cm³/mol. The third-order valence-corrected chi connectivity index (χ3v) is 6.58. The lowest BCUT2D eigenvalue weighted by molar-refractivity contribution is 0.0959. The van der Waals surface area contributed by atoms with Crippen molar-refractivity contribution in [1.82, 2.24) is 35.2 Å². The van der Waals surface area contributed by atoms with Crippen LogP contribution < -0.4 is 17.0 Å². The number of aromatic amines is 3. The highest BCUT2D eigenvalue weighted by molar-refractivity contribution is 6.00. The number of aromatic nitrogens is 7. The smallest absolute Gasteiger partial charge is 0.325 e. The van der Waals surface area contributed by atoms with Gasteiger partial charge in [-0.15, -0.1) is 10.2 Å². The highest BCUT2D eigenvalue weighted by Crippen LogP contribution is 2.25. The highest BCUT2D eigenvalue weighted by atomic mass is 16.2. The summed E-state index contributed by atoms with van der Waals surface area (Å²) in [7, 11) is 0. The van der Waals surface area contributed by atoms with Gasteiger partial charge < -0.3 is 15.3 Å². The van der Waals surface area contributed by atoms with Gasteiger partial charge in [0.2, 0.25) is 5.82 Å². The molecule has 11 nitrogen and oxygen atoms in total. The van der Waals surface area contributed by atoms with Crippen LogP contribution in [0.25, 0.3) is 33.4 Å². The van der Waals surface area contributed by atoms with Crippen molar-refractivity contribution in [2.45, 2.75) is 12.6 Å². The second kappa shape index (κ2) is 9.80. The third kappa shape index (κ3) is 4.81. The number of fused-ring (bicyclic) bond motifs is 1. The summed E-state index contributed by atoms with van der Waals surface area (Å²) in [4.78, 5) is 40.3. The zero-order chi connectivity index (χ0) is 26.9. The molecule has 1 unspecified atom stereocenters. The average Bonchev–Trinajstić information content (AvgIpc) is 3.63. The number of carbonyl (C=O) groups excluding carboxylic acids is 1. The molecule has 0 radical (unpaired) electrons. The summed E-state index contributed by atoms with van der Waals surface area (Å²) in [6.07, 6.45) is 2.06. The van der Waals surface area contributed by atoms with Crippen molar-refractivity contribution < 1.29 is 4.79 Å². The Morgan fingerprint density at radius 3 is 2.28 bits per heavy atom. The van der Waals surface area contributed by atoms with E-state index in [1.165, 1.54) is 0 Å². The molecule has 0 fully saturated rings. The quantitative estimate of drug-likeness (QED) is 0.236. The average molecular weight is 519 g/mol. The summed E-state index contributed by atoms with van der Waals surface area (Å²) in [5, 5.41) is 15.3. The number of H-pyrrole nitrogens is 3. The fraction of sp³-hybridized carbons (Fsp3) is 0.0714. The number of hydrogen-bond acceptors (Lipinski definition) is 7. The molecule has 39 heavy (non-hydrogen) atoms. The van der Waals surface area contributed by atoms with Crippen LogP contribution in [0.5, 0.6) is 0 Å². The number of nitrogens with two attached hydrogens (primary N) is 1. The Balaban J connectivity index is 1.16. The molecule has 0 saturated carbocycles. The minimum absolute atomic E-state index is 0.0660. The van der Waals surface area contributed by atoms with Gasteiger partial charge in [-0.25, -0.2) is 4.79 Å². The van der Waals surface area contributed by atoms with Gasteiger partial charge in [0.15, 0.2) is 5.78 Å². The van der Waals surface area contributed by atoms with Crippen LogP contribution in [0.3, 0.4) is 0 Å². The van der Waals surface area contributed by atoms with Crippen molar-refractivity contribution in [3.05, 3.63) is 123 Å². The lowest BCUT2D eigenvalue weighted by Gasteiger charge is -2.11. The SMILES string of the molecule is NC(C(=O)c1ccc(-c2ccc(Cn3ccc4cc(-c5nn[nH]n5)ccc43)cc2)cc1)c1cc(=O)[nH]c(=O)[nH]1. The maximum Gasteiger partial charge on any atom is 0.325 e. The molecule has 0 aliphatic heterocycles. The highest BCUT2D eigenvalue weighted by Gasteiger charge is 2.19. The summed E-state index contributed by atoms with van der Waals surface area (Å²) < 4.78 is 2.18. The Morgan fingerprint density at radius 1 is 0.872 bits per heavy atom. The number of nitrogens with zero attached hydrogens (tertiary/aromatic N) is 4. The Labute approximate surface area is 220 Å². The van der Waals surface area contributed by atoms with E-state index in [2.05, 4.69) is 65.6 Å². The molecule has 0 saturated heterocycles. The van der Waals surface area contributed by atoms with Gasteiger partial charge in [0.1, 0.15) is 6.04 Å². The van der Waals surface area contributed by atoms with Crippen LogP contribution in [0, 0.1) is 0 Å². The molecule has 1 atom stereocenters. The number of Topliss-reactive ketones (excluding diaryl/α,β-unsaturated/α-hetero) is 1. The number of tetrazole rings is 1. The van der Waals surface area contributed by atoms with Gasteiger partial charge in [-0.1, -0.05) is 48.5 Å². The minimum atomic E-state index is -1.15. The summed E-state index contributed by atoms with van der Waals surface area (Å²) >= 11 is 0. The summed E-state index contributed by atoms with van der Waals surface area (Å²) in [6, 6.07) is 23.4. The van der Waals surface area contributed by atoms with Crippen LogP contribution >= 0.6 is 0 Å². The van der Waals surface area contributed by atoms with E-state index < -0.39 is 23.1 Å². The minimum Gasteiger partial charge on any atom is -0.343 e. The second-order valence-corrected chi connectivity index (χ2v) is 9.11. The largest absolute Gasteiger partial charge is 0.343 e. The van der Waals surface area contributed by atoms with Crippen molar-refractivity contribution in [2.24, 2.45) is 5.73 Å². The zero-order valence-corrected chi connectivity index (χ0v) is 20.5. The second-order valence-electron chi connectivity index (χ2n) is 9.11. The zero-order valence-electron chi connectivity index (χ0n) is 20.5. The number of carbonyl (C=O) groups is 1. The number of benzene rings is 3. The van der Waals surface area contributed by atoms with Gasteiger partial charge in [-0.05, 0) is 46.2 Å². The molecule has 192 valence electrons. The number of rotatable bonds is 7. The normalized spacial score (nSPS) is 12.0. The van der Waals surface area contributed by atoms with E-state index in [4.69, 9.17) is 5.73 Å². The van der Waals surface area contributed by atoms with Gasteiger partial charge in [-0.2, -0.15) is 5.21 Å². The molecule has 3 aromatic heterocycles. The van der Waals surface area contributed by atoms with Crippen LogP contribution in [-0.2, 0) is 6.54 Å². The van der Waals surface area contributed by atoms with Crippen LogP contribution in [0.15, 0.2) is 94.6 Å². The molecule has 5 N–H and O–H groups in total. The van der Waals surface area contributed by atoms with Crippen LogP contribution in [0.4, 0.5) is 0 Å².